The number of hydrogen-bond acceptors (Lipinski definition) is 4. The highest BCUT2D eigenvalue weighted by Crippen LogP contribution is 2.51. The number of likely N-dealkylation sites (N-methyl/N-ethyl adjacent to an activating group) is 1. The Balaban J connectivity index is 1.84. The predicted molar refractivity (Wildman–Crippen MR) is 99.6 cm³/mol. The van der Waals surface area contributed by atoms with Gasteiger partial charge in [0, 0.05) is 13.1 Å². The van der Waals surface area contributed by atoms with Crippen LogP contribution in [0.4, 0.5) is 18.0 Å². The van der Waals surface area contributed by atoms with Gasteiger partial charge in [0.05, 0.1) is 10.5 Å². The molecule has 0 radical (unpaired) electrons. The molecule has 2 saturated heterocycles. The second kappa shape index (κ2) is 6.73. The zero-order chi connectivity index (χ0) is 21.9. The Morgan fingerprint density at radius 2 is 2.07 bits per heavy atom. The lowest BCUT2D eigenvalue weighted by molar-refractivity contribution is -0.137. The van der Waals surface area contributed by atoms with Crippen LogP contribution in [0.25, 0.3) is 0 Å². The lowest BCUT2D eigenvalue weighted by atomic mass is 9.73. The van der Waals surface area contributed by atoms with Crippen LogP contribution >= 0.6 is 0 Å². The first-order valence-corrected chi connectivity index (χ1v) is 11.0. The molecular formula is C19H20F3N3O4S. The van der Waals surface area contributed by atoms with Gasteiger partial charge in [0.15, 0.2) is 5.54 Å². The molecule has 0 unspecified atom stereocenters. The number of urea groups is 1. The van der Waals surface area contributed by atoms with Crippen LogP contribution in [0.3, 0.4) is 0 Å². The van der Waals surface area contributed by atoms with Crippen molar-refractivity contribution in [1.82, 2.24) is 14.5 Å². The maximum Gasteiger partial charge on any atom is 0.416 e. The van der Waals surface area contributed by atoms with Crippen LogP contribution in [0.15, 0.2) is 41.3 Å². The van der Waals surface area contributed by atoms with Gasteiger partial charge in [-0.2, -0.15) is 13.2 Å². The lowest BCUT2D eigenvalue weighted by Gasteiger charge is -2.40. The van der Waals surface area contributed by atoms with E-state index in [2.05, 4.69) is 5.32 Å². The van der Waals surface area contributed by atoms with Crippen molar-refractivity contribution < 1.29 is 31.2 Å². The zero-order valence-electron chi connectivity index (χ0n) is 16.0. The molecule has 2 fully saturated rings. The molecule has 162 valence electrons. The summed E-state index contributed by atoms with van der Waals surface area (Å²) in [5.41, 5.74) is -2.53. The van der Waals surface area contributed by atoms with Crippen LogP contribution in [-0.4, -0.2) is 54.2 Å². The number of nitrogens with one attached hydrogen (secondary N) is 1. The standard InChI is InChI=1S/C19H20F3N3O4S/c1-2-23-16(26)18-12-5-4-8-15(18)25(17(27)24(18)10-9-12)30(28,29)14-7-3-6-13(11-14)19(20,21)22/h3-4,6-8,11-12,15H,2,5,9-10H2,1H3,(H,23,26)/t12-,15-,18+/m0/s1. The maximum absolute atomic E-state index is 13.3. The molecule has 4 rings (SSSR count). The minimum Gasteiger partial charge on any atom is -0.354 e. The predicted octanol–water partition coefficient (Wildman–Crippen LogP) is 2.36. The van der Waals surface area contributed by atoms with E-state index in [0.717, 1.165) is 18.2 Å². The van der Waals surface area contributed by atoms with Crippen molar-refractivity contribution in [2.45, 2.75) is 42.4 Å². The topological polar surface area (TPSA) is 86.8 Å². The van der Waals surface area contributed by atoms with Gasteiger partial charge in [0.2, 0.25) is 5.91 Å². The summed E-state index contributed by atoms with van der Waals surface area (Å²) in [6.07, 6.45) is -0.460. The average Bonchev–Trinajstić information content (AvgIpc) is 3.20. The summed E-state index contributed by atoms with van der Waals surface area (Å²) in [6.45, 7) is 2.22. The molecule has 0 bridgehead atoms. The number of halogens is 3. The number of alkyl halides is 3. The van der Waals surface area contributed by atoms with E-state index in [-0.39, 0.29) is 12.5 Å². The van der Waals surface area contributed by atoms with Crippen molar-refractivity contribution in [3.05, 3.63) is 42.0 Å². The number of rotatable bonds is 4. The largest absolute Gasteiger partial charge is 0.416 e. The molecule has 7 nitrogen and oxygen atoms in total. The van der Waals surface area contributed by atoms with E-state index >= 15 is 0 Å². The van der Waals surface area contributed by atoms with E-state index in [1.165, 1.54) is 11.0 Å². The van der Waals surface area contributed by atoms with E-state index in [0.29, 0.717) is 29.8 Å². The first-order valence-electron chi connectivity index (χ1n) is 9.54. The van der Waals surface area contributed by atoms with E-state index in [1.54, 1.807) is 13.0 Å². The van der Waals surface area contributed by atoms with E-state index in [1.807, 2.05) is 0 Å². The molecule has 3 atom stereocenters. The van der Waals surface area contributed by atoms with Crippen LogP contribution in [0, 0.1) is 5.92 Å². The van der Waals surface area contributed by atoms with Crippen LogP contribution < -0.4 is 5.32 Å². The minimum atomic E-state index is -4.74. The summed E-state index contributed by atoms with van der Waals surface area (Å²) >= 11 is 0. The van der Waals surface area contributed by atoms with Crippen molar-refractivity contribution >= 4 is 22.0 Å². The summed E-state index contributed by atoms with van der Waals surface area (Å²) in [4.78, 5) is 26.9. The fourth-order valence-electron chi connectivity index (χ4n) is 4.82. The molecule has 1 aliphatic carbocycles. The molecule has 1 N–H and O–H groups in total. The molecule has 2 aliphatic heterocycles. The summed E-state index contributed by atoms with van der Waals surface area (Å²) in [6, 6.07) is 1.25. The van der Waals surface area contributed by atoms with Gasteiger partial charge in [-0.3, -0.25) is 4.79 Å². The molecule has 3 amide bonds. The zero-order valence-corrected chi connectivity index (χ0v) is 16.8. The van der Waals surface area contributed by atoms with E-state index in [9.17, 15) is 31.2 Å². The van der Waals surface area contributed by atoms with Gasteiger partial charge in [-0.05, 0) is 43.9 Å². The van der Waals surface area contributed by atoms with Gasteiger partial charge >= 0.3 is 12.2 Å². The first-order chi connectivity index (χ1) is 14.1. The Kier molecular flexibility index (Phi) is 4.64. The fraction of sp³-hybridized carbons (Fsp3) is 0.474. The summed E-state index contributed by atoms with van der Waals surface area (Å²) in [7, 11) is -4.64. The summed E-state index contributed by atoms with van der Waals surface area (Å²) < 4.78 is 66.5. The van der Waals surface area contributed by atoms with Crippen molar-refractivity contribution in [1.29, 1.82) is 0 Å². The van der Waals surface area contributed by atoms with Gasteiger partial charge < -0.3 is 10.2 Å². The Morgan fingerprint density at radius 1 is 1.33 bits per heavy atom. The van der Waals surface area contributed by atoms with Crippen LogP contribution in [0.1, 0.15) is 25.3 Å². The molecular weight excluding hydrogens is 423 g/mol. The number of allylic oxidation sites excluding steroid dienone is 1. The quantitative estimate of drug-likeness (QED) is 0.724. The van der Waals surface area contributed by atoms with Crippen molar-refractivity contribution in [2.24, 2.45) is 5.92 Å². The number of carbonyl (C=O) groups excluding carboxylic acids is 2. The van der Waals surface area contributed by atoms with Gasteiger partial charge in [-0.25, -0.2) is 17.5 Å². The summed E-state index contributed by atoms with van der Waals surface area (Å²) in [5.74, 6) is -0.721. The molecule has 2 heterocycles. The number of carbonyl (C=O) groups is 2. The molecule has 30 heavy (non-hydrogen) atoms. The van der Waals surface area contributed by atoms with Crippen LogP contribution in [0.5, 0.6) is 0 Å². The number of hydrogen-bond donors (Lipinski definition) is 1. The Labute approximate surface area is 171 Å². The smallest absolute Gasteiger partial charge is 0.354 e. The Bertz CT molecular complexity index is 1040. The molecule has 3 aliphatic rings. The molecule has 1 aromatic rings. The van der Waals surface area contributed by atoms with Gasteiger partial charge in [0.25, 0.3) is 10.0 Å². The molecule has 0 saturated carbocycles. The molecule has 1 aromatic carbocycles. The molecule has 11 heteroatoms. The Morgan fingerprint density at radius 3 is 2.73 bits per heavy atom. The molecule has 0 aromatic heterocycles. The third-order valence-electron chi connectivity index (χ3n) is 6.05. The second-order valence-corrected chi connectivity index (χ2v) is 9.35. The Hall–Kier alpha value is -2.56. The van der Waals surface area contributed by atoms with Gasteiger partial charge in [-0.1, -0.05) is 18.2 Å². The average molecular weight is 443 g/mol. The minimum absolute atomic E-state index is 0.202. The number of amides is 3. The normalized spacial score (nSPS) is 28.1. The third kappa shape index (κ3) is 2.67. The number of benzene rings is 1. The van der Waals surface area contributed by atoms with Crippen molar-refractivity contribution in [3.8, 4) is 0 Å². The monoisotopic (exact) mass is 443 g/mol. The first kappa shape index (κ1) is 20.7. The highest BCUT2D eigenvalue weighted by atomic mass is 32.2. The van der Waals surface area contributed by atoms with Crippen molar-refractivity contribution in [2.75, 3.05) is 13.1 Å². The highest BCUT2D eigenvalue weighted by Gasteiger charge is 2.70. The van der Waals surface area contributed by atoms with Gasteiger partial charge in [0.1, 0.15) is 6.04 Å². The van der Waals surface area contributed by atoms with Crippen molar-refractivity contribution in [3.63, 3.8) is 0 Å². The lowest BCUT2D eigenvalue weighted by Crippen LogP contribution is -2.63. The fourth-order valence-corrected chi connectivity index (χ4v) is 6.41. The highest BCUT2D eigenvalue weighted by molar-refractivity contribution is 7.89. The molecule has 0 spiro atoms. The maximum atomic E-state index is 13.3. The number of sulfonamides is 1. The SMILES string of the molecule is CCNC(=O)[C@@]12[C@H]3CC=C[C@@H]1N(S(=O)(=O)c1cccc(C(F)(F)F)c1)C(=O)N2CC3. The van der Waals surface area contributed by atoms with E-state index < -0.39 is 50.2 Å². The summed E-state index contributed by atoms with van der Waals surface area (Å²) in [5, 5.41) is 2.70. The number of nitrogens with zero attached hydrogens (tertiary/aromatic N) is 2. The van der Waals surface area contributed by atoms with Crippen LogP contribution in [0.2, 0.25) is 0 Å². The van der Waals surface area contributed by atoms with Crippen LogP contribution in [-0.2, 0) is 21.0 Å². The van der Waals surface area contributed by atoms with Gasteiger partial charge in [-0.15, -0.1) is 0 Å². The third-order valence-corrected chi connectivity index (χ3v) is 7.80. The van der Waals surface area contributed by atoms with E-state index in [4.69, 9.17) is 0 Å². The second-order valence-electron chi connectivity index (χ2n) is 7.54.